The number of benzene rings is 1. The summed E-state index contributed by atoms with van der Waals surface area (Å²) in [6, 6.07) is 5.97. The standard InChI is InChI=1S/C14H22N2O2/c1-3-8-18-13-6-4-5-12(14(13)15)16-7-9-17-11(2)10-16/h4-6,11H,3,7-10,15H2,1-2H3. The van der Waals surface area contributed by atoms with Crippen LogP contribution in [-0.2, 0) is 4.74 Å². The van der Waals surface area contributed by atoms with Crippen LogP contribution in [0.1, 0.15) is 20.3 Å². The zero-order valence-corrected chi connectivity index (χ0v) is 11.2. The maximum Gasteiger partial charge on any atom is 0.144 e. The summed E-state index contributed by atoms with van der Waals surface area (Å²) in [5.41, 5.74) is 7.98. The third kappa shape index (κ3) is 2.88. The molecule has 4 heteroatoms. The van der Waals surface area contributed by atoms with Gasteiger partial charge in [-0.3, -0.25) is 0 Å². The lowest BCUT2D eigenvalue weighted by Crippen LogP contribution is -2.41. The molecule has 0 spiro atoms. The Morgan fingerprint density at radius 2 is 2.33 bits per heavy atom. The van der Waals surface area contributed by atoms with E-state index in [1.54, 1.807) is 0 Å². The van der Waals surface area contributed by atoms with E-state index in [2.05, 4.69) is 18.7 Å². The smallest absolute Gasteiger partial charge is 0.144 e. The van der Waals surface area contributed by atoms with Crippen LogP contribution in [0.15, 0.2) is 18.2 Å². The predicted molar refractivity (Wildman–Crippen MR) is 74.3 cm³/mol. The first kappa shape index (κ1) is 13.0. The fraction of sp³-hybridized carbons (Fsp3) is 0.571. The summed E-state index contributed by atoms with van der Waals surface area (Å²) in [4.78, 5) is 2.27. The minimum atomic E-state index is 0.248. The number of hydrogen-bond donors (Lipinski definition) is 1. The Balaban J connectivity index is 2.16. The molecule has 0 aliphatic carbocycles. The molecule has 1 saturated heterocycles. The Labute approximate surface area is 109 Å². The topological polar surface area (TPSA) is 47.7 Å². The highest BCUT2D eigenvalue weighted by Crippen LogP contribution is 2.33. The second-order valence-electron chi connectivity index (χ2n) is 4.66. The highest BCUT2D eigenvalue weighted by molar-refractivity contribution is 5.74. The van der Waals surface area contributed by atoms with Gasteiger partial charge in [-0.2, -0.15) is 0 Å². The molecular formula is C14H22N2O2. The molecule has 18 heavy (non-hydrogen) atoms. The minimum absolute atomic E-state index is 0.248. The van der Waals surface area contributed by atoms with E-state index in [0.717, 1.165) is 43.2 Å². The lowest BCUT2D eigenvalue weighted by molar-refractivity contribution is 0.0532. The molecule has 1 fully saturated rings. The molecule has 1 aliphatic heterocycles. The van der Waals surface area contributed by atoms with E-state index in [4.69, 9.17) is 15.2 Å². The maximum absolute atomic E-state index is 6.19. The largest absolute Gasteiger partial charge is 0.491 e. The van der Waals surface area contributed by atoms with Crippen LogP contribution < -0.4 is 15.4 Å². The number of hydrogen-bond acceptors (Lipinski definition) is 4. The summed E-state index contributed by atoms with van der Waals surface area (Å²) in [5.74, 6) is 0.786. The fourth-order valence-corrected chi connectivity index (χ4v) is 2.18. The monoisotopic (exact) mass is 250 g/mol. The second kappa shape index (κ2) is 5.96. The zero-order chi connectivity index (χ0) is 13.0. The van der Waals surface area contributed by atoms with Gasteiger partial charge in [-0.1, -0.05) is 13.0 Å². The van der Waals surface area contributed by atoms with E-state index in [9.17, 15) is 0 Å². The van der Waals surface area contributed by atoms with Gasteiger partial charge >= 0.3 is 0 Å². The number of nitrogens with two attached hydrogens (primary N) is 1. The first-order valence-electron chi connectivity index (χ1n) is 6.60. The van der Waals surface area contributed by atoms with Crippen LogP contribution in [-0.4, -0.2) is 32.4 Å². The summed E-state index contributed by atoms with van der Waals surface area (Å²) in [5, 5.41) is 0. The van der Waals surface area contributed by atoms with Crippen molar-refractivity contribution in [3.8, 4) is 5.75 Å². The van der Waals surface area contributed by atoms with Crippen LogP contribution in [0.3, 0.4) is 0 Å². The third-order valence-electron chi connectivity index (χ3n) is 3.09. The summed E-state index contributed by atoms with van der Waals surface area (Å²) in [6.07, 6.45) is 1.23. The van der Waals surface area contributed by atoms with Crippen molar-refractivity contribution in [3.63, 3.8) is 0 Å². The normalized spacial score (nSPS) is 19.9. The quantitative estimate of drug-likeness (QED) is 0.833. The third-order valence-corrected chi connectivity index (χ3v) is 3.09. The molecule has 0 radical (unpaired) electrons. The number of ether oxygens (including phenoxy) is 2. The van der Waals surface area contributed by atoms with Gasteiger partial charge in [-0.15, -0.1) is 0 Å². The number of morpholine rings is 1. The van der Waals surface area contributed by atoms with Gasteiger partial charge in [0.25, 0.3) is 0 Å². The van der Waals surface area contributed by atoms with Crippen LogP contribution in [0.2, 0.25) is 0 Å². The van der Waals surface area contributed by atoms with Crippen LogP contribution in [0.25, 0.3) is 0 Å². The van der Waals surface area contributed by atoms with Gasteiger partial charge in [-0.05, 0) is 25.5 Å². The average molecular weight is 250 g/mol. The van der Waals surface area contributed by atoms with Gasteiger partial charge in [0.05, 0.1) is 30.7 Å². The van der Waals surface area contributed by atoms with E-state index in [1.165, 1.54) is 0 Å². The van der Waals surface area contributed by atoms with Gasteiger partial charge in [-0.25, -0.2) is 0 Å². The zero-order valence-electron chi connectivity index (χ0n) is 11.2. The molecule has 1 heterocycles. The molecule has 2 rings (SSSR count). The van der Waals surface area contributed by atoms with E-state index in [-0.39, 0.29) is 6.10 Å². The van der Waals surface area contributed by atoms with Crippen LogP contribution in [0.5, 0.6) is 5.75 Å². The molecule has 0 bridgehead atoms. The molecule has 100 valence electrons. The molecule has 0 saturated carbocycles. The fourth-order valence-electron chi connectivity index (χ4n) is 2.18. The number of nitrogen functional groups attached to an aromatic ring is 1. The Morgan fingerprint density at radius 1 is 1.50 bits per heavy atom. The molecule has 0 aromatic heterocycles. The van der Waals surface area contributed by atoms with Crippen molar-refractivity contribution in [3.05, 3.63) is 18.2 Å². The number of nitrogens with zero attached hydrogens (tertiary/aromatic N) is 1. The summed E-state index contributed by atoms with van der Waals surface area (Å²) >= 11 is 0. The molecule has 1 aromatic carbocycles. The van der Waals surface area contributed by atoms with Crippen LogP contribution >= 0.6 is 0 Å². The van der Waals surface area contributed by atoms with Crippen molar-refractivity contribution in [2.24, 2.45) is 0 Å². The maximum atomic E-state index is 6.19. The molecule has 0 amide bonds. The Bertz CT molecular complexity index is 395. The van der Waals surface area contributed by atoms with Gasteiger partial charge in [0.15, 0.2) is 0 Å². The Kier molecular flexibility index (Phi) is 4.31. The Morgan fingerprint density at radius 3 is 3.06 bits per heavy atom. The van der Waals surface area contributed by atoms with Crippen molar-refractivity contribution < 1.29 is 9.47 Å². The summed E-state index contributed by atoms with van der Waals surface area (Å²) in [6.45, 7) is 7.38. The molecular weight excluding hydrogens is 228 g/mol. The van der Waals surface area contributed by atoms with Gasteiger partial charge in [0, 0.05) is 13.1 Å². The lowest BCUT2D eigenvalue weighted by Gasteiger charge is -2.33. The predicted octanol–water partition coefficient (Wildman–Crippen LogP) is 2.28. The van der Waals surface area contributed by atoms with Crippen LogP contribution in [0, 0.1) is 0 Å². The van der Waals surface area contributed by atoms with E-state index < -0.39 is 0 Å². The molecule has 1 unspecified atom stereocenters. The lowest BCUT2D eigenvalue weighted by atomic mass is 10.2. The summed E-state index contributed by atoms with van der Waals surface area (Å²) < 4.78 is 11.2. The second-order valence-corrected chi connectivity index (χ2v) is 4.66. The number of rotatable bonds is 4. The van der Waals surface area contributed by atoms with Crippen LogP contribution in [0.4, 0.5) is 11.4 Å². The first-order valence-corrected chi connectivity index (χ1v) is 6.60. The van der Waals surface area contributed by atoms with Crippen molar-refractivity contribution in [2.75, 3.05) is 36.9 Å². The Hall–Kier alpha value is -1.42. The molecule has 1 aromatic rings. The highest BCUT2D eigenvalue weighted by atomic mass is 16.5. The molecule has 4 nitrogen and oxygen atoms in total. The first-order chi connectivity index (χ1) is 8.72. The summed E-state index contributed by atoms with van der Waals surface area (Å²) in [7, 11) is 0. The molecule has 1 atom stereocenters. The minimum Gasteiger partial charge on any atom is -0.491 e. The van der Waals surface area contributed by atoms with E-state index >= 15 is 0 Å². The SMILES string of the molecule is CCCOc1cccc(N2CCOC(C)C2)c1N. The number of para-hydroxylation sites is 1. The van der Waals surface area contributed by atoms with E-state index in [0.29, 0.717) is 6.61 Å². The molecule has 1 aliphatic rings. The van der Waals surface area contributed by atoms with Crippen molar-refractivity contribution in [2.45, 2.75) is 26.4 Å². The molecule has 2 N–H and O–H groups in total. The van der Waals surface area contributed by atoms with E-state index in [1.807, 2.05) is 18.2 Å². The average Bonchev–Trinajstić information content (AvgIpc) is 2.37. The van der Waals surface area contributed by atoms with Gasteiger partial charge in [0.2, 0.25) is 0 Å². The van der Waals surface area contributed by atoms with Crippen molar-refractivity contribution in [1.82, 2.24) is 0 Å². The number of anilines is 2. The highest BCUT2D eigenvalue weighted by Gasteiger charge is 2.19. The van der Waals surface area contributed by atoms with Gasteiger partial charge in [0.1, 0.15) is 5.75 Å². The van der Waals surface area contributed by atoms with Crippen molar-refractivity contribution in [1.29, 1.82) is 0 Å². The van der Waals surface area contributed by atoms with Gasteiger partial charge < -0.3 is 20.1 Å². The van der Waals surface area contributed by atoms with Crippen molar-refractivity contribution >= 4 is 11.4 Å².